The summed E-state index contributed by atoms with van der Waals surface area (Å²) in [5.41, 5.74) is 2.22. The molecule has 2 aromatic rings. The second-order valence-corrected chi connectivity index (χ2v) is 3.10. The molecule has 1 aromatic heterocycles. The van der Waals surface area contributed by atoms with E-state index in [0.29, 0.717) is 11.3 Å². The number of phenolic OH excluding ortho intramolecular Hbond substituents is 1. The minimum atomic E-state index is -0.636. The van der Waals surface area contributed by atoms with Crippen molar-refractivity contribution in [3.8, 4) is 17.0 Å². The summed E-state index contributed by atoms with van der Waals surface area (Å²) < 4.78 is 13.0. The topological polar surface area (TPSA) is 48.9 Å². The summed E-state index contributed by atoms with van der Waals surface area (Å²) >= 11 is 0. The number of rotatable bonds is 1. The van der Waals surface area contributed by atoms with Crippen LogP contribution in [0.1, 0.15) is 5.69 Å². The lowest BCUT2D eigenvalue weighted by Gasteiger charge is -1.98. The number of H-pyrrole nitrogens is 1. The normalized spacial score (nSPS) is 10.4. The SMILES string of the molecule is Cc1cc(-c2ccc(O)c(F)c2)n[nH]1. The molecule has 0 aliphatic heterocycles. The fraction of sp³-hybridized carbons (Fsp3) is 0.100. The van der Waals surface area contributed by atoms with Crippen LogP contribution in [0, 0.1) is 12.7 Å². The largest absolute Gasteiger partial charge is 0.505 e. The van der Waals surface area contributed by atoms with Gasteiger partial charge >= 0.3 is 0 Å². The molecule has 0 unspecified atom stereocenters. The third-order valence-electron chi connectivity index (χ3n) is 1.95. The van der Waals surface area contributed by atoms with Crippen LogP contribution in [-0.2, 0) is 0 Å². The second-order valence-electron chi connectivity index (χ2n) is 3.10. The molecule has 0 atom stereocenters. The number of aryl methyl sites for hydroxylation is 1. The predicted molar refractivity (Wildman–Crippen MR) is 50.4 cm³/mol. The molecule has 2 rings (SSSR count). The number of phenols is 1. The Kier molecular flexibility index (Phi) is 1.96. The summed E-state index contributed by atoms with van der Waals surface area (Å²) in [6, 6.07) is 6.00. The predicted octanol–water partition coefficient (Wildman–Crippen LogP) is 2.23. The molecule has 0 aliphatic carbocycles. The van der Waals surface area contributed by atoms with Crippen molar-refractivity contribution in [3.05, 3.63) is 35.8 Å². The van der Waals surface area contributed by atoms with Gasteiger partial charge in [0, 0.05) is 11.3 Å². The molecule has 0 amide bonds. The van der Waals surface area contributed by atoms with Crippen LogP contribution >= 0.6 is 0 Å². The Balaban J connectivity index is 2.47. The molecule has 4 heteroatoms. The molecule has 14 heavy (non-hydrogen) atoms. The first-order chi connectivity index (χ1) is 6.66. The fourth-order valence-corrected chi connectivity index (χ4v) is 1.23. The molecular weight excluding hydrogens is 183 g/mol. The van der Waals surface area contributed by atoms with E-state index in [1.165, 1.54) is 12.1 Å². The fourth-order valence-electron chi connectivity index (χ4n) is 1.23. The van der Waals surface area contributed by atoms with Crippen LogP contribution < -0.4 is 0 Å². The van der Waals surface area contributed by atoms with Gasteiger partial charge in [0.2, 0.25) is 0 Å². The number of hydrogen-bond acceptors (Lipinski definition) is 2. The van der Waals surface area contributed by atoms with E-state index in [9.17, 15) is 4.39 Å². The lowest BCUT2D eigenvalue weighted by molar-refractivity contribution is 0.432. The summed E-state index contributed by atoms with van der Waals surface area (Å²) in [6.45, 7) is 1.87. The van der Waals surface area contributed by atoms with Crippen LogP contribution in [0.4, 0.5) is 4.39 Å². The van der Waals surface area contributed by atoms with Crippen molar-refractivity contribution >= 4 is 0 Å². The zero-order valence-electron chi connectivity index (χ0n) is 7.58. The quantitative estimate of drug-likeness (QED) is 0.727. The Bertz CT molecular complexity index is 465. The molecule has 3 nitrogen and oxygen atoms in total. The van der Waals surface area contributed by atoms with Gasteiger partial charge in [0.15, 0.2) is 11.6 Å². The molecule has 0 aliphatic rings. The maximum Gasteiger partial charge on any atom is 0.165 e. The van der Waals surface area contributed by atoms with Gasteiger partial charge in [-0.1, -0.05) is 0 Å². The number of nitrogens with zero attached hydrogens (tertiary/aromatic N) is 1. The molecule has 0 fully saturated rings. The van der Waals surface area contributed by atoms with Crippen molar-refractivity contribution < 1.29 is 9.50 Å². The zero-order chi connectivity index (χ0) is 10.1. The van der Waals surface area contributed by atoms with E-state index < -0.39 is 5.82 Å². The van der Waals surface area contributed by atoms with Gasteiger partial charge in [-0.25, -0.2) is 4.39 Å². The number of aromatic amines is 1. The van der Waals surface area contributed by atoms with Gasteiger partial charge < -0.3 is 5.11 Å². The van der Waals surface area contributed by atoms with Gasteiger partial charge in [-0.15, -0.1) is 0 Å². The Morgan fingerprint density at radius 1 is 1.36 bits per heavy atom. The highest BCUT2D eigenvalue weighted by Crippen LogP contribution is 2.23. The number of benzene rings is 1. The number of aromatic nitrogens is 2. The van der Waals surface area contributed by atoms with Crippen molar-refractivity contribution in [1.82, 2.24) is 10.2 Å². The Hall–Kier alpha value is -1.84. The smallest absolute Gasteiger partial charge is 0.165 e. The van der Waals surface area contributed by atoms with Crippen LogP contribution in [0.15, 0.2) is 24.3 Å². The molecule has 0 spiro atoms. The van der Waals surface area contributed by atoms with Crippen molar-refractivity contribution in [1.29, 1.82) is 0 Å². The van der Waals surface area contributed by atoms with Gasteiger partial charge in [0.1, 0.15) is 0 Å². The van der Waals surface area contributed by atoms with Crippen molar-refractivity contribution in [2.75, 3.05) is 0 Å². The Labute approximate surface area is 80.2 Å². The lowest BCUT2D eigenvalue weighted by Crippen LogP contribution is -1.81. The van der Waals surface area contributed by atoms with E-state index >= 15 is 0 Å². The van der Waals surface area contributed by atoms with E-state index in [2.05, 4.69) is 10.2 Å². The van der Waals surface area contributed by atoms with E-state index in [1.54, 1.807) is 6.07 Å². The van der Waals surface area contributed by atoms with Gasteiger partial charge in [0.25, 0.3) is 0 Å². The van der Waals surface area contributed by atoms with Crippen LogP contribution in [0.2, 0.25) is 0 Å². The van der Waals surface area contributed by atoms with Crippen LogP contribution in [0.3, 0.4) is 0 Å². The second kappa shape index (κ2) is 3.14. The molecular formula is C10H9FN2O. The van der Waals surface area contributed by atoms with Crippen LogP contribution in [-0.4, -0.2) is 15.3 Å². The standard InChI is InChI=1S/C10H9FN2O/c1-6-4-9(13-12-6)7-2-3-10(14)8(11)5-7/h2-5,14H,1H3,(H,12,13). The third kappa shape index (κ3) is 1.46. The van der Waals surface area contributed by atoms with E-state index in [0.717, 1.165) is 5.69 Å². The summed E-state index contributed by atoms with van der Waals surface area (Å²) in [7, 11) is 0. The van der Waals surface area contributed by atoms with E-state index in [1.807, 2.05) is 13.0 Å². The minimum absolute atomic E-state index is 0.346. The van der Waals surface area contributed by atoms with Crippen molar-refractivity contribution in [2.45, 2.75) is 6.92 Å². The van der Waals surface area contributed by atoms with Gasteiger partial charge in [-0.2, -0.15) is 5.10 Å². The Morgan fingerprint density at radius 3 is 2.71 bits per heavy atom. The van der Waals surface area contributed by atoms with Gasteiger partial charge in [0.05, 0.1) is 5.69 Å². The molecule has 72 valence electrons. The summed E-state index contributed by atoms with van der Waals surface area (Å²) in [5.74, 6) is -0.982. The highest BCUT2D eigenvalue weighted by atomic mass is 19.1. The maximum atomic E-state index is 13.0. The molecule has 0 saturated carbocycles. The highest BCUT2D eigenvalue weighted by molar-refractivity contribution is 5.60. The zero-order valence-corrected chi connectivity index (χ0v) is 7.58. The minimum Gasteiger partial charge on any atom is -0.505 e. The van der Waals surface area contributed by atoms with E-state index in [4.69, 9.17) is 5.11 Å². The number of aromatic hydroxyl groups is 1. The molecule has 0 bridgehead atoms. The third-order valence-corrected chi connectivity index (χ3v) is 1.95. The monoisotopic (exact) mass is 192 g/mol. The maximum absolute atomic E-state index is 13.0. The molecule has 2 N–H and O–H groups in total. The number of hydrogen-bond donors (Lipinski definition) is 2. The average Bonchev–Trinajstić information content (AvgIpc) is 2.57. The van der Waals surface area contributed by atoms with Gasteiger partial charge in [-0.05, 0) is 31.2 Å². The molecule has 0 saturated heterocycles. The summed E-state index contributed by atoms with van der Waals surface area (Å²) in [6.07, 6.45) is 0. The summed E-state index contributed by atoms with van der Waals surface area (Å²) in [5, 5.41) is 15.7. The number of halogens is 1. The first kappa shape index (κ1) is 8.74. The van der Waals surface area contributed by atoms with Crippen molar-refractivity contribution in [2.24, 2.45) is 0 Å². The van der Waals surface area contributed by atoms with Crippen LogP contribution in [0.25, 0.3) is 11.3 Å². The average molecular weight is 192 g/mol. The highest BCUT2D eigenvalue weighted by Gasteiger charge is 2.05. The van der Waals surface area contributed by atoms with Crippen molar-refractivity contribution in [3.63, 3.8) is 0 Å². The van der Waals surface area contributed by atoms with Gasteiger partial charge in [-0.3, -0.25) is 5.10 Å². The molecule has 1 aromatic carbocycles. The van der Waals surface area contributed by atoms with E-state index in [-0.39, 0.29) is 5.75 Å². The Morgan fingerprint density at radius 2 is 2.14 bits per heavy atom. The number of nitrogens with one attached hydrogen (secondary N) is 1. The van der Waals surface area contributed by atoms with Crippen LogP contribution in [0.5, 0.6) is 5.75 Å². The first-order valence-electron chi connectivity index (χ1n) is 4.18. The molecule has 1 heterocycles. The lowest BCUT2D eigenvalue weighted by atomic mass is 10.1. The molecule has 0 radical (unpaired) electrons. The first-order valence-corrected chi connectivity index (χ1v) is 4.18. The summed E-state index contributed by atoms with van der Waals surface area (Å²) in [4.78, 5) is 0.